The summed E-state index contributed by atoms with van der Waals surface area (Å²) < 4.78 is 0. The Morgan fingerprint density at radius 2 is 0.754 bits per heavy atom. The highest BCUT2D eigenvalue weighted by Crippen LogP contribution is 2.47. The van der Waals surface area contributed by atoms with E-state index in [2.05, 4.69) is 180 Å². The fraction of sp³-hybridized carbons (Fsp3) is 0.0167. The number of nitrogens with one attached hydrogen (secondary N) is 1. The van der Waals surface area contributed by atoms with Crippen molar-refractivity contribution in [3.8, 4) is 78.7 Å². The highest BCUT2D eigenvalue weighted by Gasteiger charge is 2.22. The Morgan fingerprint density at radius 3 is 1.28 bits per heavy atom. The van der Waals surface area contributed by atoms with Gasteiger partial charge in [0.2, 0.25) is 0 Å². The molecule has 5 nitrogen and oxygen atoms in total. The minimum Gasteiger partial charge on any atom is -0.366 e. The molecule has 10 aromatic carbocycles. The molecule has 1 aliphatic heterocycles. The molecule has 0 saturated carbocycles. The molecule has 1 aliphatic rings. The van der Waals surface area contributed by atoms with Crippen molar-refractivity contribution in [1.82, 2.24) is 15.0 Å². The van der Waals surface area contributed by atoms with E-state index >= 15 is 0 Å². The van der Waals surface area contributed by atoms with Gasteiger partial charge in [0, 0.05) is 22.4 Å². The monoisotopic (exact) mass is 831 g/mol. The van der Waals surface area contributed by atoms with Gasteiger partial charge in [-0.2, -0.15) is 0 Å². The van der Waals surface area contributed by atoms with Gasteiger partial charge in [0.1, 0.15) is 0 Å². The van der Waals surface area contributed by atoms with Crippen LogP contribution in [0.25, 0.3) is 100 Å². The molecule has 306 valence electrons. The van der Waals surface area contributed by atoms with Gasteiger partial charge in [-0.3, -0.25) is 0 Å². The number of para-hydroxylation sites is 1. The van der Waals surface area contributed by atoms with Crippen LogP contribution in [0.5, 0.6) is 0 Å². The average molecular weight is 832 g/mol. The Bertz CT molecular complexity index is 3460. The van der Waals surface area contributed by atoms with E-state index in [0.29, 0.717) is 17.5 Å². The van der Waals surface area contributed by atoms with Crippen molar-refractivity contribution in [3.05, 3.63) is 231 Å². The largest absolute Gasteiger partial charge is 0.366 e. The maximum atomic E-state index is 5.01. The lowest BCUT2D eigenvalue weighted by atomic mass is 9.83. The zero-order chi connectivity index (χ0) is 43.1. The van der Waals surface area contributed by atoms with E-state index in [1.54, 1.807) is 0 Å². The third-order valence-electron chi connectivity index (χ3n) is 12.6. The number of anilines is 3. The normalized spacial score (nSPS) is 12.0. The first-order valence-electron chi connectivity index (χ1n) is 22.0. The van der Waals surface area contributed by atoms with Crippen LogP contribution in [0.3, 0.4) is 0 Å². The number of hydrogen-bond acceptors (Lipinski definition) is 5. The fourth-order valence-electron chi connectivity index (χ4n) is 9.32. The Hall–Kier alpha value is -8.67. The zero-order valence-corrected chi connectivity index (χ0v) is 35.4. The van der Waals surface area contributed by atoms with Gasteiger partial charge in [-0.25, -0.2) is 15.0 Å². The van der Waals surface area contributed by atoms with Gasteiger partial charge in [-0.15, -0.1) is 0 Å². The Balaban J connectivity index is 0.959. The average Bonchev–Trinajstić information content (AvgIpc) is 3.82. The third-order valence-corrected chi connectivity index (χ3v) is 12.6. The van der Waals surface area contributed by atoms with Crippen LogP contribution in [0.1, 0.15) is 0 Å². The SMILES string of the molecule is c1ccc(-c2nc(-c3ccccc3)nc(-c3ccc(-c4ccc5ccccc5c4-c4c(-c5ccc(-c6ccc7c(c6)NCN7c6ccccc6)cc5)ccc5ccccc45)cc3)n2)cc1. The van der Waals surface area contributed by atoms with Crippen LogP contribution in [0, 0.1) is 0 Å². The molecule has 0 amide bonds. The second kappa shape index (κ2) is 16.2. The summed E-state index contributed by atoms with van der Waals surface area (Å²) in [6.07, 6.45) is 0. The molecule has 0 atom stereocenters. The van der Waals surface area contributed by atoms with Gasteiger partial charge in [-0.1, -0.05) is 206 Å². The molecule has 1 N–H and O–H groups in total. The molecular formula is C60H41N5. The van der Waals surface area contributed by atoms with Crippen molar-refractivity contribution in [1.29, 1.82) is 0 Å². The number of aromatic nitrogens is 3. The highest BCUT2D eigenvalue weighted by atomic mass is 15.3. The molecule has 65 heavy (non-hydrogen) atoms. The standard InChI is InChI=1S/C60H41N5/c1-4-16-45(17-5-1)58-62-59(46-18-6-2-7-19-46)64-60(63-58)47-30-28-44(29-31-47)53-36-33-42-15-11-13-23-51(42)57(53)56-50-22-12-10-14-41(50)32-35-52(56)43-26-24-40(25-27-43)48-34-37-55-54(38-48)61-39-65(55)49-20-8-3-9-21-49/h1-38,61H,39H2. The van der Waals surface area contributed by atoms with E-state index in [-0.39, 0.29) is 0 Å². The first-order chi connectivity index (χ1) is 32.2. The van der Waals surface area contributed by atoms with Crippen LogP contribution < -0.4 is 10.2 Å². The van der Waals surface area contributed by atoms with Crippen molar-refractivity contribution >= 4 is 38.6 Å². The second-order valence-corrected chi connectivity index (χ2v) is 16.4. The maximum Gasteiger partial charge on any atom is 0.164 e. The molecule has 0 saturated heterocycles. The lowest BCUT2D eigenvalue weighted by Gasteiger charge is -2.20. The minimum atomic E-state index is 0.632. The lowest BCUT2D eigenvalue weighted by Crippen LogP contribution is -2.15. The number of nitrogens with zero attached hydrogens (tertiary/aromatic N) is 4. The van der Waals surface area contributed by atoms with E-state index in [0.717, 1.165) is 45.7 Å². The van der Waals surface area contributed by atoms with Crippen molar-refractivity contribution in [2.24, 2.45) is 0 Å². The Labute approximate surface area is 378 Å². The summed E-state index contributed by atoms with van der Waals surface area (Å²) in [5, 5.41) is 8.43. The van der Waals surface area contributed by atoms with E-state index < -0.39 is 0 Å². The van der Waals surface area contributed by atoms with Gasteiger partial charge in [0.05, 0.1) is 18.0 Å². The van der Waals surface area contributed by atoms with E-state index in [4.69, 9.17) is 15.0 Å². The summed E-state index contributed by atoms with van der Waals surface area (Å²) in [6, 6.07) is 81.9. The van der Waals surface area contributed by atoms with Crippen LogP contribution in [0.15, 0.2) is 231 Å². The smallest absolute Gasteiger partial charge is 0.164 e. The van der Waals surface area contributed by atoms with Crippen LogP contribution >= 0.6 is 0 Å². The van der Waals surface area contributed by atoms with Crippen molar-refractivity contribution in [2.45, 2.75) is 0 Å². The minimum absolute atomic E-state index is 0.632. The van der Waals surface area contributed by atoms with E-state index in [1.807, 2.05) is 60.7 Å². The molecule has 11 aromatic rings. The molecule has 0 fully saturated rings. The van der Waals surface area contributed by atoms with Crippen molar-refractivity contribution in [3.63, 3.8) is 0 Å². The fourth-order valence-corrected chi connectivity index (χ4v) is 9.32. The lowest BCUT2D eigenvalue weighted by molar-refractivity contribution is 1.07. The van der Waals surface area contributed by atoms with Gasteiger partial charge < -0.3 is 10.2 Å². The van der Waals surface area contributed by atoms with Gasteiger partial charge in [0.25, 0.3) is 0 Å². The van der Waals surface area contributed by atoms with Crippen LogP contribution in [0.2, 0.25) is 0 Å². The predicted octanol–water partition coefficient (Wildman–Crippen LogP) is 15.4. The Morgan fingerprint density at radius 1 is 0.338 bits per heavy atom. The summed E-state index contributed by atoms with van der Waals surface area (Å²) in [6.45, 7) is 0.747. The second-order valence-electron chi connectivity index (χ2n) is 16.4. The molecule has 2 heterocycles. The van der Waals surface area contributed by atoms with Crippen molar-refractivity contribution < 1.29 is 0 Å². The molecule has 0 radical (unpaired) electrons. The van der Waals surface area contributed by atoms with Crippen molar-refractivity contribution in [2.75, 3.05) is 16.9 Å². The van der Waals surface area contributed by atoms with Crippen LogP contribution in [-0.2, 0) is 0 Å². The summed E-state index contributed by atoms with van der Waals surface area (Å²) >= 11 is 0. The summed E-state index contributed by atoms with van der Waals surface area (Å²) in [5.41, 5.74) is 15.7. The van der Waals surface area contributed by atoms with Crippen LogP contribution in [-0.4, -0.2) is 21.6 Å². The maximum absolute atomic E-state index is 5.01. The van der Waals surface area contributed by atoms with Gasteiger partial charge >= 0.3 is 0 Å². The number of rotatable bonds is 8. The summed E-state index contributed by atoms with van der Waals surface area (Å²) in [4.78, 5) is 17.3. The number of benzene rings is 10. The molecule has 0 spiro atoms. The topological polar surface area (TPSA) is 53.9 Å². The first kappa shape index (κ1) is 38.0. The highest BCUT2D eigenvalue weighted by molar-refractivity contribution is 6.15. The molecule has 0 unspecified atom stereocenters. The first-order valence-corrected chi connectivity index (χ1v) is 22.0. The molecule has 0 aliphatic carbocycles. The summed E-state index contributed by atoms with van der Waals surface area (Å²) in [7, 11) is 0. The summed E-state index contributed by atoms with van der Waals surface area (Å²) in [5.74, 6) is 1.92. The van der Waals surface area contributed by atoms with Gasteiger partial charge in [0.15, 0.2) is 17.5 Å². The molecule has 0 bridgehead atoms. The predicted molar refractivity (Wildman–Crippen MR) is 270 cm³/mol. The van der Waals surface area contributed by atoms with Crippen LogP contribution in [0.4, 0.5) is 17.1 Å². The zero-order valence-electron chi connectivity index (χ0n) is 35.4. The molecule has 5 heteroatoms. The van der Waals surface area contributed by atoms with E-state index in [9.17, 15) is 0 Å². The molecule has 12 rings (SSSR count). The Kier molecular flexibility index (Phi) is 9.50. The number of hydrogen-bond donors (Lipinski definition) is 1. The quantitative estimate of drug-likeness (QED) is 0.165. The van der Waals surface area contributed by atoms with E-state index in [1.165, 1.54) is 60.7 Å². The molecule has 1 aromatic heterocycles. The third kappa shape index (κ3) is 7.06. The van der Waals surface area contributed by atoms with Gasteiger partial charge in [-0.05, 0) is 90.3 Å². The number of fused-ring (bicyclic) bond motifs is 3. The molecular weight excluding hydrogens is 791 g/mol.